The van der Waals surface area contributed by atoms with E-state index in [9.17, 15) is 4.79 Å². The van der Waals surface area contributed by atoms with E-state index in [0.29, 0.717) is 6.61 Å². The number of rotatable bonds is 6. The zero-order valence-corrected chi connectivity index (χ0v) is 13.8. The Bertz CT molecular complexity index is 837. The van der Waals surface area contributed by atoms with Crippen molar-refractivity contribution in [2.24, 2.45) is 0 Å². The summed E-state index contributed by atoms with van der Waals surface area (Å²) in [5.74, 6) is 0.656. The van der Waals surface area contributed by atoms with Crippen LogP contribution in [0.2, 0.25) is 0 Å². The van der Waals surface area contributed by atoms with Gasteiger partial charge in [-0.05, 0) is 36.8 Å². The highest BCUT2D eigenvalue weighted by Gasteiger charge is 2.08. The number of benzene rings is 2. The number of amides is 1. The lowest BCUT2D eigenvalue weighted by Gasteiger charge is -2.08. The molecule has 0 atom stereocenters. The van der Waals surface area contributed by atoms with Crippen molar-refractivity contribution < 1.29 is 14.3 Å². The summed E-state index contributed by atoms with van der Waals surface area (Å²) in [6, 6.07) is 14.0. The molecule has 3 aromatic rings. The molecule has 0 aliphatic rings. The van der Waals surface area contributed by atoms with Gasteiger partial charge in [-0.15, -0.1) is 0 Å². The number of carbonyl (C=O) groups is 1. The topological polar surface area (TPSA) is 63.3 Å². The van der Waals surface area contributed by atoms with Crippen LogP contribution in [0.25, 0.3) is 10.9 Å². The third kappa shape index (κ3) is 3.75. The van der Waals surface area contributed by atoms with E-state index in [1.165, 1.54) is 12.7 Å². The summed E-state index contributed by atoms with van der Waals surface area (Å²) in [6.45, 7) is 2.54. The Balaban J connectivity index is 1.74. The summed E-state index contributed by atoms with van der Waals surface area (Å²) in [6.07, 6.45) is 1.78. The molecular formula is C19H20N2O3. The number of ether oxygens (including phenoxy) is 2. The number of anilines is 1. The molecule has 0 saturated carbocycles. The van der Waals surface area contributed by atoms with Crippen LogP contribution in [0, 0.1) is 6.92 Å². The molecule has 0 aliphatic carbocycles. The zero-order chi connectivity index (χ0) is 16.9. The Morgan fingerprint density at radius 3 is 2.71 bits per heavy atom. The van der Waals surface area contributed by atoms with Gasteiger partial charge in [0.2, 0.25) is 5.91 Å². The van der Waals surface area contributed by atoms with Crippen molar-refractivity contribution in [2.75, 3.05) is 19.0 Å². The second-order valence-corrected chi connectivity index (χ2v) is 5.67. The van der Waals surface area contributed by atoms with Gasteiger partial charge in [0.15, 0.2) is 0 Å². The molecule has 2 N–H and O–H groups in total. The zero-order valence-electron chi connectivity index (χ0n) is 13.8. The number of aryl methyl sites for hydroxylation is 1. The minimum Gasteiger partial charge on any atom is -0.489 e. The molecule has 5 nitrogen and oxygen atoms in total. The second kappa shape index (κ2) is 7.19. The van der Waals surface area contributed by atoms with Gasteiger partial charge in [0.25, 0.3) is 0 Å². The molecular weight excluding hydrogens is 304 g/mol. The van der Waals surface area contributed by atoms with Gasteiger partial charge in [-0.25, -0.2) is 0 Å². The van der Waals surface area contributed by atoms with E-state index in [4.69, 9.17) is 9.47 Å². The van der Waals surface area contributed by atoms with Crippen molar-refractivity contribution in [1.82, 2.24) is 4.98 Å². The van der Waals surface area contributed by atoms with Gasteiger partial charge < -0.3 is 19.8 Å². The number of H-pyrrole nitrogens is 1. The van der Waals surface area contributed by atoms with Crippen molar-refractivity contribution in [1.29, 1.82) is 0 Å². The average Bonchev–Trinajstić information content (AvgIpc) is 2.97. The van der Waals surface area contributed by atoms with Crippen molar-refractivity contribution in [3.63, 3.8) is 0 Å². The van der Waals surface area contributed by atoms with Crippen molar-refractivity contribution in [2.45, 2.75) is 13.5 Å². The van der Waals surface area contributed by atoms with Gasteiger partial charge in [-0.3, -0.25) is 4.79 Å². The van der Waals surface area contributed by atoms with E-state index in [1.54, 1.807) is 6.20 Å². The van der Waals surface area contributed by atoms with E-state index in [0.717, 1.165) is 27.9 Å². The number of hydrogen-bond donors (Lipinski definition) is 2. The number of carbonyl (C=O) groups excluding carboxylic acids is 1. The lowest BCUT2D eigenvalue weighted by molar-refractivity contribution is -0.119. The van der Waals surface area contributed by atoms with Gasteiger partial charge in [-0.1, -0.05) is 23.8 Å². The molecule has 0 unspecified atom stereocenters. The number of hydrogen-bond acceptors (Lipinski definition) is 3. The molecule has 1 heterocycles. The van der Waals surface area contributed by atoms with Gasteiger partial charge in [0, 0.05) is 24.2 Å². The smallest absolute Gasteiger partial charge is 0.250 e. The second-order valence-electron chi connectivity index (χ2n) is 5.67. The van der Waals surface area contributed by atoms with Crippen LogP contribution in [0.4, 0.5) is 5.69 Å². The van der Waals surface area contributed by atoms with E-state index < -0.39 is 0 Å². The molecule has 24 heavy (non-hydrogen) atoms. The minimum absolute atomic E-state index is 0.0307. The molecule has 0 bridgehead atoms. The normalized spacial score (nSPS) is 10.8. The maximum absolute atomic E-state index is 11.7. The average molecular weight is 324 g/mol. The Labute approximate surface area is 140 Å². The van der Waals surface area contributed by atoms with Crippen LogP contribution in [0.3, 0.4) is 0 Å². The summed E-state index contributed by atoms with van der Waals surface area (Å²) in [5.41, 5.74) is 3.93. The van der Waals surface area contributed by atoms with E-state index >= 15 is 0 Å². The largest absolute Gasteiger partial charge is 0.489 e. The predicted molar refractivity (Wildman–Crippen MR) is 94.3 cm³/mol. The Kier molecular flexibility index (Phi) is 4.82. The number of nitrogens with one attached hydrogen (secondary N) is 2. The fourth-order valence-electron chi connectivity index (χ4n) is 2.48. The highest BCUT2D eigenvalue weighted by atomic mass is 16.5. The molecule has 0 radical (unpaired) electrons. The van der Waals surface area contributed by atoms with Gasteiger partial charge >= 0.3 is 0 Å². The number of methoxy groups -OCH3 is 1. The van der Waals surface area contributed by atoms with Crippen LogP contribution in [-0.4, -0.2) is 24.6 Å². The van der Waals surface area contributed by atoms with Crippen LogP contribution in [0.5, 0.6) is 5.75 Å². The predicted octanol–water partition coefficient (Wildman–Crippen LogP) is 3.64. The number of fused-ring (bicyclic) bond motifs is 1. The first-order valence-electron chi connectivity index (χ1n) is 7.74. The lowest BCUT2D eigenvalue weighted by atomic mass is 10.1. The molecule has 3 rings (SSSR count). The Morgan fingerprint density at radius 2 is 1.96 bits per heavy atom. The van der Waals surface area contributed by atoms with Crippen molar-refractivity contribution >= 4 is 22.5 Å². The molecule has 5 heteroatoms. The van der Waals surface area contributed by atoms with Crippen molar-refractivity contribution in [3.05, 3.63) is 59.8 Å². The van der Waals surface area contributed by atoms with Gasteiger partial charge in [-0.2, -0.15) is 0 Å². The molecule has 0 fully saturated rings. The molecule has 2 aromatic carbocycles. The third-order valence-electron chi connectivity index (χ3n) is 3.72. The van der Waals surface area contributed by atoms with Crippen LogP contribution < -0.4 is 10.1 Å². The van der Waals surface area contributed by atoms with Crippen molar-refractivity contribution in [3.8, 4) is 5.75 Å². The third-order valence-corrected chi connectivity index (χ3v) is 3.72. The summed E-state index contributed by atoms with van der Waals surface area (Å²) in [5, 5.41) is 3.79. The quantitative estimate of drug-likeness (QED) is 0.727. The van der Waals surface area contributed by atoms with E-state index in [-0.39, 0.29) is 12.5 Å². The summed E-state index contributed by atoms with van der Waals surface area (Å²) >= 11 is 0. The van der Waals surface area contributed by atoms with Crippen LogP contribution in [0.15, 0.2) is 48.7 Å². The molecule has 124 valence electrons. The van der Waals surface area contributed by atoms with Crippen LogP contribution >= 0.6 is 0 Å². The van der Waals surface area contributed by atoms with Crippen LogP contribution in [-0.2, 0) is 16.1 Å². The molecule has 0 aliphatic heterocycles. The fraction of sp³-hybridized carbons (Fsp3) is 0.211. The minimum atomic E-state index is -0.181. The first kappa shape index (κ1) is 16.1. The van der Waals surface area contributed by atoms with E-state index in [2.05, 4.69) is 10.3 Å². The maximum atomic E-state index is 11.7. The van der Waals surface area contributed by atoms with Crippen LogP contribution in [0.1, 0.15) is 11.1 Å². The summed E-state index contributed by atoms with van der Waals surface area (Å²) in [4.78, 5) is 14.8. The van der Waals surface area contributed by atoms with Gasteiger partial charge in [0.05, 0.1) is 5.69 Å². The lowest BCUT2D eigenvalue weighted by Crippen LogP contribution is -2.16. The number of aromatic amines is 1. The Morgan fingerprint density at radius 1 is 1.17 bits per heavy atom. The molecule has 1 aromatic heterocycles. The standard InChI is InChI=1S/C19H20N2O3/c1-13-3-6-15(7-4-13)24-11-14-5-8-17-16(9-14)18(10-20-17)21-19(22)12-23-2/h3-10,20H,11-12H2,1-2H3,(H,21,22). The molecule has 0 spiro atoms. The van der Waals surface area contributed by atoms with Gasteiger partial charge in [0.1, 0.15) is 19.0 Å². The number of aromatic nitrogens is 1. The molecule has 1 amide bonds. The van der Waals surface area contributed by atoms with E-state index in [1.807, 2.05) is 49.4 Å². The maximum Gasteiger partial charge on any atom is 0.250 e. The monoisotopic (exact) mass is 324 g/mol. The summed E-state index contributed by atoms with van der Waals surface area (Å²) in [7, 11) is 1.50. The highest BCUT2D eigenvalue weighted by Crippen LogP contribution is 2.25. The summed E-state index contributed by atoms with van der Waals surface area (Å²) < 4.78 is 10.7. The first-order valence-corrected chi connectivity index (χ1v) is 7.74. The molecule has 0 saturated heterocycles. The SMILES string of the molecule is COCC(=O)Nc1c[nH]c2ccc(COc3ccc(C)cc3)cc12. The highest BCUT2D eigenvalue weighted by molar-refractivity contribution is 6.02. The fourth-order valence-corrected chi connectivity index (χ4v) is 2.48. The first-order chi connectivity index (χ1) is 11.7. The Hall–Kier alpha value is -2.79.